The van der Waals surface area contributed by atoms with Crippen molar-refractivity contribution >= 4 is 5.91 Å². The predicted octanol–water partition coefficient (Wildman–Crippen LogP) is -0.251. The minimum atomic E-state index is -0.0428. The summed E-state index contributed by atoms with van der Waals surface area (Å²) in [4.78, 5) is 15.3. The van der Waals surface area contributed by atoms with Crippen LogP contribution in [0.4, 0.5) is 0 Å². The maximum Gasteiger partial charge on any atom is 0.224 e. The van der Waals surface area contributed by atoms with Crippen molar-refractivity contribution < 1.29 is 14.6 Å². The lowest BCUT2D eigenvalue weighted by molar-refractivity contribution is -0.120. The van der Waals surface area contributed by atoms with E-state index in [1.165, 1.54) is 0 Å². The summed E-state index contributed by atoms with van der Waals surface area (Å²) < 4.78 is 5.01. The number of nitrogens with one attached hydrogen (secondary N) is 1. The fourth-order valence-corrected chi connectivity index (χ4v) is 1.18. The molecule has 0 aliphatic heterocycles. The first kappa shape index (κ1) is 12.6. The average molecular weight is 224 g/mol. The van der Waals surface area contributed by atoms with Crippen LogP contribution >= 0.6 is 0 Å². The summed E-state index contributed by atoms with van der Waals surface area (Å²) in [6, 6.07) is 3.61. The molecule has 0 unspecified atom stereocenters. The molecular weight excluding hydrogens is 208 g/mol. The number of rotatable bonds is 7. The fourth-order valence-electron chi connectivity index (χ4n) is 1.18. The zero-order valence-electron chi connectivity index (χ0n) is 9.06. The molecule has 88 valence electrons. The molecule has 0 spiro atoms. The maximum absolute atomic E-state index is 11.4. The molecule has 0 saturated heterocycles. The number of carbonyl (C=O) groups is 1. The van der Waals surface area contributed by atoms with E-state index in [0.29, 0.717) is 26.2 Å². The van der Waals surface area contributed by atoms with Crippen molar-refractivity contribution in [3.8, 4) is 0 Å². The van der Waals surface area contributed by atoms with Gasteiger partial charge in [-0.3, -0.25) is 9.78 Å². The second kappa shape index (κ2) is 7.78. The molecular formula is C11H16N2O3. The number of aliphatic hydroxyl groups is 1. The summed E-state index contributed by atoms with van der Waals surface area (Å²) in [5, 5.41) is 11.2. The zero-order valence-corrected chi connectivity index (χ0v) is 9.06. The van der Waals surface area contributed by atoms with Gasteiger partial charge in [-0.1, -0.05) is 0 Å². The molecule has 1 aromatic rings. The van der Waals surface area contributed by atoms with E-state index in [1.54, 1.807) is 12.4 Å². The molecule has 0 saturated carbocycles. The SMILES string of the molecule is O=C(Cc1ccncc1)NCCOCCO. The van der Waals surface area contributed by atoms with Gasteiger partial charge >= 0.3 is 0 Å². The number of ether oxygens (including phenoxy) is 1. The molecule has 5 heteroatoms. The number of aromatic nitrogens is 1. The van der Waals surface area contributed by atoms with Gasteiger partial charge in [-0.25, -0.2) is 0 Å². The fraction of sp³-hybridized carbons (Fsp3) is 0.455. The molecule has 0 radical (unpaired) electrons. The van der Waals surface area contributed by atoms with E-state index in [2.05, 4.69) is 10.3 Å². The van der Waals surface area contributed by atoms with Gasteiger partial charge in [0.05, 0.1) is 26.2 Å². The highest BCUT2D eigenvalue weighted by Gasteiger charge is 2.01. The van der Waals surface area contributed by atoms with Crippen LogP contribution in [0.5, 0.6) is 0 Å². The summed E-state index contributed by atoms with van der Waals surface area (Å²) in [5.41, 5.74) is 0.934. The Kier molecular flexibility index (Phi) is 6.13. The number of aliphatic hydroxyl groups excluding tert-OH is 1. The van der Waals surface area contributed by atoms with Crippen LogP contribution in [-0.2, 0) is 16.0 Å². The van der Waals surface area contributed by atoms with Crippen molar-refractivity contribution in [2.24, 2.45) is 0 Å². The molecule has 0 bridgehead atoms. The molecule has 0 aromatic carbocycles. The van der Waals surface area contributed by atoms with Gasteiger partial charge in [0, 0.05) is 18.9 Å². The van der Waals surface area contributed by atoms with Crippen LogP contribution < -0.4 is 5.32 Å². The lowest BCUT2D eigenvalue weighted by Gasteiger charge is -2.05. The first-order chi connectivity index (χ1) is 7.83. The number of carbonyl (C=O) groups excluding carboxylic acids is 1. The van der Waals surface area contributed by atoms with E-state index in [9.17, 15) is 4.79 Å². The number of pyridine rings is 1. The summed E-state index contributed by atoms with van der Waals surface area (Å²) in [6.45, 7) is 1.19. The van der Waals surface area contributed by atoms with Crippen molar-refractivity contribution in [3.05, 3.63) is 30.1 Å². The molecule has 2 N–H and O–H groups in total. The summed E-state index contributed by atoms with van der Waals surface area (Å²) >= 11 is 0. The van der Waals surface area contributed by atoms with E-state index in [-0.39, 0.29) is 12.5 Å². The monoisotopic (exact) mass is 224 g/mol. The summed E-state index contributed by atoms with van der Waals surface area (Å²) in [7, 11) is 0. The Balaban J connectivity index is 2.12. The molecule has 1 rings (SSSR count). The van der Waals surface area contributed by atoms with Crippen molar-refractivity contribution in [2.75, 3.05) is 26.4 Å². The van der Waals surface area contributed by atoms with Gasteiger partial charge in [-0.2, -0.15) is 0 Å². The van der Waals surface area contributed by atoms with Gasteiger partial charge in [0.2, 0.25) is 5.91 Å². The Morgan fingerprint density at radius 3 is 2.81 bits per heavy atom. The largest absolute Gasteiger partial charge is 0.394 e. The normalized spacial score (nSPS) is 10.1. The van der Waals surface area contributed by atoms with Crippen molar-refractivity contribution in [1.29, 1.82) is 0 Å². The summed E-state index contributed by atoms with van der Waals surface area (Å²) in [6.07, 6.45) is 3.67. The first-order valence-corrected chi connectivity index (χ1v) is 5.17. The maximum atomic E-state index is 11.4. The van der Waals surface area contributed by atoms with Crippen LogP contribution in [0.1, 0.15) is 5.56 Å². The topological polar surface area (TPSA) is 71.5 Å². The second-order valence-electron chi connectivity index (χ2n) is 3.22. The Labute approximate surface area is 94.5 Å². The molecule has 0 atom stereocenters. The predicted molar refractivity (Wildman–Crippen MR) is 58.9 cm³/mol. The number of hydrogen-bond donors (Lipinski definition) is 2. The smallest absolute Gasteiger partial charge is 0.224 e. The highest BCUT2D eigenvalue weighted by atomic mass is 16.5. The standard InChI is InChI=1S/C11H16N2O3/c14-6-8-16-7-5-13-11(15)9-10-1-3-12-4-2-10/h1-4,14H,5-9H2,(H,13,15). The second-order valence-corrected chi connectivity index (χ2v) is 3.22. The molecule has 5 nitrogen and oxygen atoms in total. The Morgan fingerprint density at radius 2 is 2.12 bits per heavy atom. The van der Waals surface area contributed by atoms with Crippen molar-refractivity contribution in [3.63, 3.8) is 0 Å². The Morgan fingerprint density at radius 1 is 1.38 bits per heavy atom. The van der Waals surface area contributed by atoms with Crippen molar-refractivity contribution in [1.82, 2.24) is 10.3 Å². The van der Waals surface area contributed by atoms with Crippen LogP contribution in [0.15, 0.2) is 24.5 Å². The number of amides is 1. The van der Waals surface area contributed by atoms with E-state index >= 15 is 0 Å². The molecule has 0 fully saturated rings. The lowest BCUT2D eigenvalue weighted by atomic mass is 10.2. The van der Waals surface area contributed by atoms with Gasteiger partial charge in [0.1, 0.15) is 0 Å². The third-order valence-electron chi connectivity index (χ3n) is 1.92. The lowest BCUT2D eigenvalue weighted by Crippen LogP contribution is -2.28. The minimum absolute atomic E-state index is 0.00492. The van der Waals surface area contributed by atoms with E-state index in [4.69, 9.17) is 9.84 Å². The average Bonchev–Trinajstić information content (AvgIpc) is 2.30. The quantitative estimate of drug-likeness (QED) is 0.626. The molecule has 1 amide bonds. The Bertz CT molecular complexity index is 303. The first-order valence-electron chi connectivity index (χ1n) is 5.17. The minimum Gasteiger partial charge on any atom is -0.394 e. The Hall–Kier alpha value is -1.46. The number of hydrogen-bond acceptors (Lipinski definition) is 4. The summed E-state index contributed by atoms with van der Waals surface area (Å²) in [5.74, 6) is -0.0428. The zero-order chi connectivity index (χ0) is 11.6. The van der Waals surface area contributed by atoms with E-state index in [0.717, 1.165) is 5.56 Å². The third kappa shape index (κ3) is 5.43. The van der Waals surface area contributed by atoms with Crippen molar-refractivity contribution in [2.45, 2.75) is 6.42 Å². The van der Waals surface area contributed by atoms with Gasteiger partial charge < -0.3 is 15.2 Å². The van der Waals surface area contributed by atoms with Gasteiger partial charge in [0.25, 0.3) is 0 Å². The molecule has 0 aliphatic carbocycles. The van der Waals surface area contributed by atoms with Crippen LogP contribution in [0, 0.1) is 0 Å². The van der Waals surface area contributed by atoms with Crippen LogP contribution in [-0.4, -0.2) is 42.4 Å². The van der Waals surface area contributed by atoms with Crippen LogP contribution in [0.3, 0.4) is 0 Å². The third-order valence-corrected chi connectivity index (χ3v) is 1.92. The molecule has 1 aromatic heterocycles. The molecule has 0 aliphatic rings. The van der Waals surface area contributed by atoms with Crippen LogP contribution in [0.2, 0.25) is 0 Å². The van der Waals surface area contributed by atoms with E-state index in [1.807, 2.05) is 12.1 Å². The van der Waals surface area contributed by atoms with E-state index < -0.39 is 0 Å². The van der Waals surface area contributed by atoms with Gasteiger partial charge in [-0.15, -0.1) is 0 Å². The molecule has 16 heavy (non-hydrogen) atoms. The highest BCUT2D eigenvalue weighted by Crippen LogP contribution is 1.96. The van der Waals surface area contributed by atoms with Gasteiger partial charge in [-0.05, 0) is 17.7 Å². The molecule has 1 heterocycles. The number of nitrogens with zero attached hydrogens (tertiary/aromatic N) is 1. The van der Waals surface area contributed by atoms with Gasteiger partial charge in [0.15, 0.2) is 0 Å². The highest BCUT2D eigenvalue weighted by molar-refractivity contribution is 5.78. The van der Waals surface area contributed by atoms with Crippen LogP contribution in [0.25, 0.3) is 0 Å².